The molecule has 1 unspecified atom stereocenters. The van der Waals surface area contributed by atoms with Crippen molar-refractivity contribution in [2.45, 2.75) is 57.5 Å². The predicted molar refractivity (Wildman–Crippen MR) is 115 cm³/mol. The summed E-state index contributed by atoms with van der Waals surface area (Å²) in [5.74, 6) is 3.56. The molecule has 1 atom stereocenters. The van der Waals surface area contributed by atoms with Gasteiger partial charge in [0, 0.05) is 21.5 Å². The number of furan rings is 1. The highest BCUT2D eigenvalue weighted by atomic mass is 32.1. The van der Waals surface area contributed by atoms with Crippen molar-refractivity contribution in [3.63, 3.8) is 0 Å². The second-order valence-electron chi connectivity index (χ2n) is 9.93. The number of aryl methyl sites for hydroxylation is 1. The first-order chi connectivity index (χ1) is 13.7. The zero-order valence-electron chi connectivity index (χ0n) is 16.7. The summed E-state index contributed by atoms with van der Waals surface area (Å²) < 4.78 is 5.91. The van der Waals surface area contributed by atoms with Crippen LogP contribution in [0.1, 0.15) is 61.1 Å². The van der Waals surface area contributed by atoms with Gasteiger partial charge in [-0.15, -0.1) is 11.3 Å². The minimum Gasteiger partial charge on any atom is -0.454 e. The number of para-hydroxylation sites is 1. The molecule has 0 saturated heterocycles. The van der Waals surface area contributed by atoms with Crippen LogP contribution in [0.3, 0.4) is 0 Å². The van der Waals surface area contributed by atoms with Crippen LogP contribution in [0.2, 0.25) is 0 Å². The highest BCUT2D eigenvalue weighted by molar-refractivity contribution is 7.18. The lowest BCUT2D eigenvalue weighted by Crippen LogP contribution is -2.62. The summed E-state index contributed by atoms with van der Waals surface area (Å²) in [5.41, 5.74) is 4.65. The molecule has 2 aromatic heterocycles. The van der Waals surface area contributed by atoms with Crippen molar-refractivity contribution in [2.75, 3.05) is 4.90 Å². The fourth-order valence-corrected chi connectivity index (χ4v) is 9.59. The number of nitrogens with zero attached hydrogens (tertiary/aromatic N) is 1. The van der Waals surface area contributed by atoms with Gasteiger partial charge in [-0.25, -0.2) is 0 Å². The molecule has 1 aliphatic heterocycles. The van der Waals surface area contributed by atoms with E-state index in [1.807, 2.05) is 17.6 Å². The molecule has 4 saturated carbocycles. The van der Waals surface area contributed by atoms with Crippen molar-refractivity contribution in [3.05, 3.63) is 52.6 Å². The number of fused-ring (bicyclic) bond motifs is 3. The standard InChI is InChI=1S/C25H27NOS/c1-14-5-3-4-6-21(14)26-15(2)22-20-7-8-27-24(20)28-23(22)25(26)18-10-16-9-17(12-18)13-19(25)11-16/h3-8,15-19H,9-13H2,1-2H3. The molecule has 8 rings (SSSR count). The van der Waals surface area contributed by atoms with Gasteiger partial charge < -0.3 is 9.32 Å². The summed E-state index contributed by atoms with van der Waals surface area (Å²) in [5, 5.41) is 1.37. The maximum Gasteiger partial charge on any atom is 0.188 e. The molecule has 0 N–H and O–H groups in total. The van der Waals surface area contributed by atoms with Gasteiger partial charge in [0.15, 0.2) is 4.90 Å². The molecule has 144 valence electrons. The summed E-state index contributed by atoms with van der Waals surface area (Å²) in [6.07, 6.45) is 9.11. The van der Waals surface area contributed by atoms with Gasteiger partial charge >= 0.3 is 0 Å². The maximum atomic E-state index is 5.91. The van der Waals surface area contributed by atoms with Crippen LogP contribution in [0.15, 0.2) is 41.0 Å². The third kappa shape index (κ3) is 1.72. The monoisotopic (exact) mass is 389 g/mol. The Morgan fingerprint density at radius 3 is 2.43 bits per heavy atom. The lowest BCUT2D eigenvalue weighted by atomic mass is 9.48. The van der Waals surface area contributed by atoms with Crippen LogP contribution >= 0.6 is 11.3 Å². The van der Waals surface area contributed by atoms with Crippen molar-refractivity contribution in [3.8, 4) is 0 Å². The number of anilines is 1. The number of thiophene rings is 1. The minimum absolute atomic E-state index is 0.195. The molecule has 3 heteroatoms. The van der Waals surface area contributed by atoms with Gasteiger partial charge in [0.1, 0.15) is 0 Å². The van der Waals surface area contributed by atoms with E-state index in [9.17, 15) is 0 Å². The number of benzene rings is 1. The molecule has 28 heavy (non-hydrogen) atoms. The summed E-state index contributed by atoms with van der Waals surface area (Å²) in [7, 11) is 0. The van der Waals surface area contributed by atoms with E-state index in [1.54, 1.807) is 10.4 Å². The molecule has 0 amide bonds. The Bertz CT molecular complexity index is 1060. The molecular formula is C25H27NOS. The van der Waals surface area contributed by atoms with Crippen LogP contribution < -0.4 is 4.90 Å². The SMILES string of the molecule is Cc1ccccc1N1C(C)c2c(sc3occc23)C12C1CC3CC(C1)CC2C3. The Hall–Kier alpha value is -1.74. The van der Waals surface area contributed by atoms with Gasteiger partial charge in [-0.2, -0.15) is 0 Å². The van der Waals surface area contributed by atoms with E-state index in [2.05, 4.69) is 49.1 Å². The summed E-state index contributed by atoms with van der Waals surface area (Å²) in [6.45, 7) is 4.75. The van der Waals surface area contributed by atoms with E-state index in [0.29, 0.717) is 6.04 Å². The lowest BCUT2D eigenvalue weighted by Gasteiger charge is -2.63. The van der Waals surface area contributed by atoms with Crippen molar-refractivity contribution in [1.82, 2.24) is 0 Å². The Kier molecular flexibility index (Phi) is 3.01. The van der Waals surface area contributed by atoms with Crippen molar-refractivity contribution >= 4 is 27.3 Å². The molecule has 3 aromatic rings. The average Bonchev–Trinajstić information content (AvgIpc) is 3.31. The van der Waals surface area contributed by atoms with Crippen LogP contribution in [0.25, 0.3) is 10.3 Å². The van der Waals surface area contributed by atoms with Crippen molar-refractivity contribution in [1.29, 1.82) is 0 Å². The van der Waals surface area contributed by atoms with Gasteiger partial charge in [-0.05, 0) is 87.3 Å². The molecular weight excluding hydrogens is 362 g/mol. The highest BCUT2D eigenvalue weighted by Crippen LogP contribution is 2.70. The molecule has 4 fully saturated rings. The maximum absolute atomic E-state index is 5.91. The summed E-state index contributed by atoms with van der Waals surface area (Å²) >= 11 is 1.97. The largest absolute Gasteiger partial charge is 0.454 e. The molecule has 3 heterocycles. The zero-order valence-corrected chi connectivity index (χ0v) is 17.5. The first-order valence-corrected chi connectivity index (χ1v) is 11.8. The van der Waals surface area contributed by atoms with Gasteiger partial charge in [-0.3, -0.25) is 0 Å². The minimum atomic E-state index is 0.195. The van der Waals surface area contributed by atoms with E-state index < -0.39 is 0 Å². The van der Waals surface area contributed by atoms with Gasteiger partial charge in [0.25, 0.3) is 0 Å². The van der Waals surface area contributed by atoms with E-state index in [4.69, 9.17) is 4.42 Å². The Balaban J connectivity index is 1.54. The van der Waals surface area contributed by atoms with Crippen LogP contribution in [-0.2, 0) is 5.54 Å². The fraction of sp³-hybridized carbons (Fsp3) is 0.520. The number of hydrogen-bond acceptors (Lipinski definition) is 3. The Morgan fingerprint density at radius 1 is 1.00 bits per heavy atom. The first kappa shape index (κ1) is 16.1. The van der Waals surface area contributed by atoms with E-state index in [-0.39, 0.29) is 5.54 Å². The smallest absolute Gasteiger partial charge is 0.188 e. The Morgan fingerprint density at radius 2 is 1.71 bits per heavy atom. The molecule has 4 aliphatic carbocycles. The fourth-order valence-electron chi connectivity index (χ4n) is 8.02. The van der Waals surface area contributed by atoms with Crippen LogP contribution in [0.4, 0.5) is 5.69 Å². The molecule has 5 aliphatic rings. The predicted octanol–water partition coefficient (Wildman–Crippen LogP) is 7.04. The third-order valence-corrected chi connectivity index (χ3v) is 9.94. The molecule has 1 spiro atoms. The quantitative estimate of drug-likeness (QED) is 0.444. The summed E-state index contributed by atoms with van der Waals surface area (Å²) in [6, 6.07) is 11.7. The topological polar surface area (TPSA) is 16.4 Å². The summed E-state index contributed by atoms with van der Waals surface area (Å²) in [4.78, 5) is 5.70. The highest BCUT2D eigenvalue weighted by Gasteiger charge is 2.65. The molecule has 0 radical (unpaired) electrons. The van der Waals surface area contributed by atoms with Crippen molar-refractivity contribution in [2.24, 2.45) is 23.7 Å². The van der Waals surface area contributed by atoms with Crippen LogP contribution in [-0.4, -0.2) is 0 Å². The number of rotatable bonds is 1. The molecule has 1 aromatic carbocycles. The van der Waals surface area contributed by atoms with E-state index in [1.165, 1.54) is 48.7 Å². The number of hydrogen-bond donors (Lipinski definition) is 0. The second-order valence-corrected chi connectivity index (χ2v) is 10.9. The lowest BCUT2D eigenvalue weighted by molar-refractivity contribution is -0.0588. The second kappa shape index (κ2) is 5.24. The van der Waals surface area contributed by atoms with Gasteiger partial charge in [0.2, 0.25) is 0 Å². The van der Waals surface area contributed by atoms with Gasteiger partial charge in [-0.1, -0.05) is 18.2 Å². The molecule has 2 nitrogen and oxygen atoms in total. The first-order valence-electron chi connectivity index (χ1n) is 11.0. The van der Waals surface area contributed by atoms with Crippen molar-refractivity contribution < 1.29 is 4.42 Å². The van der Waals surface area contributed by atoms with E-state index in [0.717, 1.165) is 28.6 Å². The average molecular weight is 390 g/mol. The zero-order chi connectivity index (χ0) is 18.6. The van der Waals surface area contributed by atoms with E-state index >= 15 is 0 Å². The van der Waals surface area contributed by atoms with Crippen LogP contribution in [0.5, 0.6) is 0 Å². The van der Waals surface area contributed by atoms with Crippen LogP contribution in [0, 0.1) is 30.6 Å². The van der Waals surface area contributed by atoms with Gasteiger partial charge in [0.05, 0.1) is 17.8 Å². The molecule has 4 bridgehead atoms. The normalized spacial score (nSPS) is 38.1. The third-order valence-electron chi connectivity index (χ3n) is 8.68. The Labute approximate surface area is 170 Å².